The molecule has 1 aliphatic rings. The summed E-state index contributed by atoms with van der Waals surface area (Å²) in [7, 11) is 0. The van der Waals surface area contributed by atoms with E-state index in [1.54, 1.807) is 6.07 Å². The van der Waals surface area contributed by atoms with Crippen LogP contribution in [-0.4, -0.2) is 40.3 Å². The molecule has 2 rings (SSSR count). The van der Waals surface area contributed by atoms with E-state index in [1.807, 2.05) is 0 Å². The van der Waals surface area contributed by atoms with Crippen LogP contribution in [-0.2, 0) is 6.54 Å². The molecule has 0 aliphatic heterocycles. The second-order valence-electron chi connectivity index (χ2n) is 4.90. The van der Waals surface area contributed by atoms with Gasteiger partial charge in [-0.15, -0.1) is 0 Å². The maximum absolute atomic E-state index is 13.6. The van der Waals surface area contributed by atoms with Crippen LogP contribution >= 0.6 is 0 Å². The number of carboxylic acids is 1. The molecular formula is C14H18FNO3. The Morgan fingerprint density at radius 3 is 2.63 bits per heavy atom. The van der Waals surface area contributed by atoms with E-state index < -0.39 is 11.8 Å². The van der Waals surface area contributed by atoms with Crippen LogP contribution in [0, 0.1) is 5.82 Å². The molecule has 0 atom stereocenters. The average molecular weight is 267 g/mol. The van der Waals surface area contributed by atoms with Crippen molar-refractivity contribution >= 4 is 5.97 Å². The highest BCUT2D eigenvalue weighted by Crippen LogP contribution is 2.26. The lowest BCUT2D eigenvalue weighted by Crippen LogP contribution is -2.41. The van der Waals surface area contributed by atoms with Crippen LogP contribution in [0.1, 0.15) is 35.2 Å². The Kier molecular flexibility index (Phi) is 4.50. The molecule has 0 unspecified atom stereocenters. The summed E-state index contributed by atoms with van der Waals surface area (Å²) in [4.78, 5) is 12.9. The van der Waals surface area contributed by atoms with Crippen molar-refractivity contribution in [2.45, 2.75) is 31.8 Å². The van der Waals surface area contributed by atoms with Crippen LogP contribution in [0.15, 0.2) is 18.2 Å². The average Bonchev–Trinajstić information content (AvgIpc) is 2.26. The maximum atomic E-state index is 13.6. The molecule has 1 aliphatic carbocycles. The molecule has 0 bridgehead atoms. The molecule has 1 aromatic rings. The number of aliphatic hydroxyl groups excluding tert-OH is 1. The van der Waals surface area contributed by atoms with Gasteiger partial charge in [0.1, 0.15) is 5.82 Å². The fraction of sp³-hybridized carbons (Fsp3) is 0.500. The molecule has 0 aromatic heterocycles. The van der Waals surface area contributed by atoms with E-state index in [0.717, 1.165) is 18.4 Å². The summed E-state index contributed by atoms with van der Waals surface area (Å²) >= 11 is 0. The van der Waals surface area contributed by atoms with Crippen LogP contribution in [0.2, 0.25) is 0 Å². The Balaban J connectivity index is 2.08. The quantitative estimate of drug-likeness (QED) is 0.826. The van der Waals surface area contributed by atoms with Crippen LogP contribution in [0.3, 0.4) is 0 Å². The lowest BCUT2D eigenvalue weighted by atomic mass is 9.91. The number of aromatic carboxylic acids is 1. The third kappa shape index (κ3) is 3.30. The van der Waals surface area contributed by atoms with Gasteiger partial charge < -0.3 is 10.2 Å². The third-order valence-corrected chi connectivity index (χ3v) is 3.63. The minimum atomic E-state index is -1.25. The zero-order chi connectivity index (χ0) is 13.8. The van der Waals surface area contributed by atoms with Crippen LogP contribution in [0.4, 0.5) is 4.39 Å². The SMILES string of the molecule is O=C(O)c1ccc(CN(CCO)C2CCC2)cc1F. The van der Waals surface area contributed by atoms with Gasteiger partial charge in [-0.2, -0.15) is 0 Å². The predicted molar refractivity (Wildman–Crippen MR) is 68.5 cm³/mol. The van der Waals surface area contributed by atoms with Crippen molar-refractivity contribution in [3.8, 4) is 0 Å². The summed E-state index contributed by atoms with van der Waals surface area (Å²) in [6.07, 6.45) is 3.41. The normalized spacial score (nSPS) is 15.5. The molecule has 0 spiro atoms. The number of rotatable bonds is 6. The molecule has 1 saturated carbocycles. The molecule has 4 nitrogen and oxygen atoms in total. The van der Waals surface area contributed by atoms with Gasteiger partial charge in [0.15, 0.2) is 0 Å². The van der Waals surface area contributed by atoms with E-state index in [1.165, 1.54) is 18.6 Å². The van der Waals surface area contributed by atoms with Crippen molar-refractivity contribution in [2.75, 3.05) is 13.2 Å². The number of halogens is 1. The van der Waals surface area contributed by atoms with Gasteiger partial charge in [-0.05, 0) is 30.5 Å². The summed E-state index contributed by atoms with van der Waals surface area (Å²) in [6.45, 7) is 1.18. The van der Waals surface area contributed by atoms with Gasteiger partial charge in [0.2, 0.25) is 0 Å². The van der Waals surface area contributed by atoms with Crippen molar-refractivity contribution < 1.29 is 19.4 Å². The smallest absolute Gasteiger partial charge is 0.338 e. The predicted octanol–water partition coefficient (Wildman–Crippen LogP) is 1.87. The summed E-state index contributed by atoms with van der Waals surface area (Å²) in [5, 5.41) is 17.8. The third-order valence-electron chi connectivity index (χ3n) is 3.63. The van der Waals surface area contributed by atoms with Gasteiger partial charge in [-0.1, -0.05) is 12.5 Å². The van der Waals surface area contributed by atoms with E-state index >= 15 is 0 Å². The molecule has 0 radical (unpaired) electrons. The fourth-order valence-electron chi connectivity index (χ4n) is 2.34. The van der Waals surface area contributed by atoms with Crippen molar-refractivity contribution in [2.24, 2.45) is 0 Å². The Morgan fingerprint density at radius 1 is 1.42 bits per heavy atom. The largest absolute Gasteiger partial charge is 0.478 e. The minimum Gasteiger partial charge on any atom is -0.478 e. The highest BCUT2D eigenvalue weighted by molar-refractivity contribution is 5.87. The van der Waals surface area contributed by atoms with Gasteiger partial charge in [0.05, 0.1) is 12.2 Å². The number of carboxylic acid groups (broad SMARTS) is 1. The molecule has 0 heterocycles. The maximum Gasteiger partial charge on any atom is 0.338 e. The zero-order valence-electron chi connectivity index (χ0n) is 10.7. The highest BCUT2D eigenvalue weighted by atomic mass is 19.1. The molecule has 1 aromatic carbocycles. The number of carbonyl (C=O) groups is 1. The number of benzene rings is 1. The van der Waals surface area contributed by atoms with E-state index in [0.29, 0.717) is 19.1 Å². The minimum absolute atomic E-state index is 0.0756. The van der Waals surface area contributed by atoms with E-state index in [9.17, 15) is 9.18 Å². The van der Waals surface area contributed by atoms with Crippen molar-refractivity contribution in [3.05, 3.63) is 35.1 Å². The molecule has 2 N–H and O–H groups in total. The lowest BCUT2D eigenvalue weighted by Gasteiger charge is -2.37. The summed E-state index contributed by atoms with van der Waals surface area (Å²) in [5.41, 5.74) is 0.434. The first-order valence-electron chi connectivity index (χ1n) is 6.48. The first-order chi connectivity index (χ1) is 9.11. The molecule has 1 fully saturated rings. The zero-order valence-corrected chi connectivity index (χ0v) is 10.7. The fourth-order valence-corrected chi connectivity index (χ4v) is 2.34. The second kappa shape index (κ2) is 6.12. The Bertz CT molecular complexity index is 460. The Morgan fingerprint density at radius 2 is 2.16 bits per heavy atom. The van der Waals surface area contributed by atoms with E-state index in [4.69, 9.17) is 10.2 Å². The number of nitrogens with zero attached hydrogens (tertiary/aromatic N) is 1. The first kappa shape index (κ1) is 14.0. The Labute approximate surface area is 111 Å². The molecule has 19 heavy (non-hydrogen) atoms. The van der Waals surface area contributed by atoms with Crippen molar-refractivity contribution in [3.63, 3.8) is 0 Å². The van der Waals surface area contributed by atoms with Crippen LogP contribution < -0.4 is 0 Å². The van der Waals surface area contributed by atoms with E-state index in [2.05, 4.69) is 4.90 Å². The van der Waals surface area contributed by atoms with Gasteiger partial charge in [-0.25, -0.2) is 9.18 Å². The number of hydrogen-bond donors (Lipinski definition) is 2. The first-order valence-corrected chi connectivity index (χ1v) is 6.48. The van der Waals surface area contributed by atoms with Gasteiger partial charge in [0.25, 0.3) is 0 Å². The van der Waals surface area contributed by atoms with Crippen LogP contribution in [0.25, 0.3) is 0 Å². The molecule has 5 heteroatoms. The van der Waals surface area contributed by atoms with E-state index in [-0.39, 0.29) is 12.2 Å². The van der Waals surface area contributed by atoms with Crippen LogP contribution in [0.5, 0.6) is 0 Å². The van der Waals surface area contributed by atoms with Crippen molar-refractivity contribution in [1.29, 1.82) is 0 Å². The number of hydrogen-bond acceptors (Lipinski definition) is 3. The topological polar surface area (TPSA) is 60.8 Å². The monoisotopic (exact) mass is 267 g/mol. The summed E-state index contributed by atoms with van der Waals surface area (Å²) in [5.74, 6) is -1.96. The number of aliphatic hydroxyl groups is 1. The van der Waals surface area contributed by atoms with Gasteiger partial charge >= 0.3 is 5.97 Å². The highest BCUT2D eigenvalue weighted by Gasteiger charge is 2.24. The molecule has 0 amide bonds. The lowest BCUT2D eigenvalue weighted by molar-refractivity contribution is 0.0691. The Hall–Kier alpha value is -1.46. The molecular weight excluding hydrogens is 249 g/mol. The summed E-state index contributed by atoms with van der Waals surface area (Å²) in [6, 6.07) is 4.65. The van der Waals surface area contributed by atoms with Gasteiger partial charge in [0, 0.05) is 19.1 Å². The standard InChI is InChI=1S/C14H18FNO3/c15-13-8-10(4-5-12(13)14(18)19)9-16(6-7-17)11-2-1-3-11/h4-5,8,11,17H,1-3,6-7,9H2,(H,18,19). The van der Waals surface area contributed by atoms with Gasteiger partial charge in [-0.3, -0.25) is 4.90 Å². The van der Waals surface area contributed by atoms with Crippen molar-refractivity contribution in [1.82, 2.24) is 4.90 Å². The summed E-state index contributed by atoms with van der Waals surface area (Å²) < 4.78 is 13.6. The second-order valence-corrected chi connectivity index (χ2v) is 4.90. The molecule has 104 valence electrons. The molecule has 0 saturated heterocycles.